The molecule has 0 unspecified atom stereocenters. The van der Waals surface area contributed by atoms with Crippen molar-refractivity contribution in [1.82, 2.24) is 49.8 Å². The van der Waals surface area contributed by atoms with Gasteiger partial charge in [0.1, 0.15) is 52.0 Å². The molecule has 6 heterocycles. The molecular weight excluding hydrogens is 796 g/mol. The van der Waals surface area contributed by atoms with Crippen LogP contribution in [-0.2, 0) is 13.1 Å². The van der Waals surface area contributed by atoms with Gasteiger partial charge in [0, 0.05) is 28.2 Å². The molecule has 0 bridgehead atoms. The molecule has 9 aromatic rings. The molecule has 0 saturated carbocycles. The zero-order valence-electron chi connectivity index (χ0n) is 29.6. The fraction of sp³-hybridized carbons (Fsp3) is 0.0500. The minimum atomic E-state index is -0.724. The van der Waals surface area contributed by atoms with E-state index >= 15 is 0 Å². The minimum absolute atomic E-state index is 0.147. The predicted octanol–water partition coefficient (Wildman–Crippen LogP) is 9.45. The summed E-state index contributed by atoms with van der Waals surface area (Å²) in [6.45, 7) is 0.325. The summed E-state index contributed by atoms with van der Waals surface area (Å²) in [6, 6.07) is 28.9. The van der Waals surface area contributed by atoms with E-state index in [1.54, 1.807) is 70.0 Å². The second kappa shape index (κ2) is 17.0. The minimum Gasteiger partial charge on any atom is -0.364 e. The molecule has 0 amide bonds. The van der Waals surface area contributed by atoms with Crippen molar-refractivity contribution < 1.29 is 26.6 Å². The third-order valence-electron chi connectivity index (χ3n) is 8.35. The van der Waals surface area contributed by atoms with Crippen LogP contribution in [-0.4, -0.2) is 49.8 Å². The lowest BCUT2D eigenvalue weighted by molar-refractivity contribution is 0.421. The molecule has 0 saturated heterocycles. The van der Waals surface area contributed by atoms with Gasteiger partial charge >= 0.3 is 0 Å². The van der Waals surface area contributed by atoms with Crippen molar-refractivity contribution in [1.29, 1.82) is 0 Å². The van der Waals surface area contributed by atoms with Crippen LogP contribution in [0, 0.1) is 23.3 Å². The number of nitrogens with zero attached hydrogens (tertiary/aromatic N) is 10. The van der Waals surface area contributed by atoms with Gasteiger partial charge in [0.25, 0.3) is 0 Å². The van der Waals surface area contributed by atoms with Crippen LogP contribution in [0.25, 0.3) is 45.8 Å². The summed E-state index contributed by atoms with van der Waals surface area (Å²) in [5.41, 5.74) is 3.88. The number of halogens is 5. The summed E-state index contributed by atoms with van der Waals surface area (Å²) in [6.07, 6.45) is 4.95. The summed E-state index contributed by atoms with van der Waals surface area (Å²) in [4.78, 5) is 17.1. The van der Waals surface area contributed by atoms with E-state index in [4.69, 9.17) is 20.6 Å². The highest BCUT2D eigenvalue weighted by atomic mass is 35.5. The number of hydrogen-bond donors (Lipinski definition) is 0. The second-order valence-corrected chi connectivity index (χ2v) is 13.6. The third-order valence-corrected chi connectivity index (χ3v) is 9.60. The third kappa shape index (κ3) is 8.54. The molecule has 0 radical (unpaired) electrons. The van der Waals surface area contributed by atoms with E-state index in [9.17, 15) is 17.6 Å². The van der Waals surface area contributed by atoms with Crippen LogP contribution >= 0.6 is 23.4 Å². The van der Waals surface area contributed by atoms with Gasteiger partial charge < -0.3 is 9.05 Å². The first-order valence-corrected chi connectivity index (χ1v) is 18.4. The van der Waals surface area contributed by atoms with Gasteiger partial charge in [-0.3, -0.25) is 9.36 Å². The van der Waals surface area contributed by atoms with Gasteiger partial charge in [0.15, 0.2) is 28.4 Å². The highest BCUT2D eigenvalue weighted by molar-refractivity contribution is 7.99. The lowest BCUT2D eigenvalue weighted by atomic mass is 10.2. The summed E-state index contributed by atoms with van der Waals surface area (Å²) in [5.74, 6) is -1.54. The Morgan fingerprint density at radius 2 is 1.05 bits per heavy atom. The smallest absolute Gasteiger partial charge is 0.181 e. The standard InChI is InChI=1S/C23H15F2N5OS.C17H10ClF2N5O/c24-17-9-5-4-6-15(17)14-30-21(19-10-11-31-29-19)12-20(28-30)22-26-13-18(25)23(27-22)32-16-7-2-1-3-8-16;18-16-12(20)8-21-17(22-16)14-7-15(13-5-6-26-24-13)25(23-14)9-10-3-1-2-4-11(10)19/h1-13H,14H2;1-8H,9H2. The maximum absolute atomic E-state index is 14.4. The molecular formula is C40H25ClF4N10O2S. The molecule has 0 spiro atoms. The van der Waals surface area contributed by atoms with Crippen LogP contribution in [0.2, 0.25) is 5.15 Å². The second-order valence-electron chi connectivity index (χ2n) is 12.2. The normalized spacial score (nSPS) is 11.1. The van der Waals surface area contributed by atoms with Crippen molar-refractivity contribution in [2.45, 2.75) is 23.0 Å². The zero-order valence-corrected chi connectivity index (χ0v) is 31.2. The van der Waals surface area contributed by atoms with Gasteiger partial charge in [-0.25, -0.2) is 37.5 Å². The predicted molar refractivity (Wildman–Crippen MR) is 204 cm³/mol. The molecule has 0 aliphatic carbocycles. The molecule has 288 valence electrons. The fourth-order valence-corrected chi connectivity index (χ4v) is 6.51. The topological polar surface area (TPSA) is 139 Å². The number of aromatic nitrogens is 10. The van der Waals surface area contributed by atoms with E-state index < -0.39 is 11.6 Å². The molecule has 0 atom stereocenters. The molecule has 6 aromatic heterocycles. The van der Waals surface area contributed by atoms with Crippen LogP contribution in [0.15, 0.2) is 147 Å². The van der Waals surface area contributed by atoms with E-state index in [2.05, 4.69) is 40.4 Å². The van der Waals surface area contributed by atoms with E-state index in [1.165, 1.54) is 36.4 Å². The zero-order chi connectivity index (χ0) is 40.0. The lowest BCUT2D eigenvalue weighted by Gasteiger charge is -2.06. The van der Waals surface area contributed by atoms with Gasteiger partial charge in [-0.05, 0) is 36.4 Å². The van der Waals surface area contributed by atoms with Crippen LogP contribution in [0.1, 0.15) is 11.1 Å². The molecule has 58 heavy (non-hydrogen) atoms. The Kier molecular flexibility index (Phi) is 11.1. The average molecular weight is 821 g/mol. The Balaban J connectivity index is 0.000000165. The van der Waals surface area contributed by atoms with Crippen molar-refractivity contribution in [2.75, 3.05) is 0 Å². The average Bonchev–Trinajstić information content (AvgIpc) is 4.08. The van der Waals surface area contributed by atoms with Gasteiger partial charge in [-0.1, -0.05) is 88.3 Å². The molecule has 12 nitrogen and oxygen atoms in total. The number of rotatable bonds is 10. The SMILES string of the molecule is Fc1ccccc1Cn1nc(-c2ncc(F)c(Cl)n2)cc1-c1ccon1.Fc1ccccc1Cn1nc(-c2ncc(F)c(Sc3ccccc3)n2)cc1-c1ccon1. The highest BCUT2D eigenvalue weighted by Gasteiger charge is 2.20. The molecule has 0 fully saturated rings. The van der Waals surface area contributed by atoms with E-state index in [-0.39, 0.29) is 46.6 Å². The molecule has 18 heteroatoms. The van der Waals surface area contributed by atoms with Crippen LogP contribution in [0.4, 0.5) is 17.6 Å². The van der Waals surface area contributed by atoms with E-state index in [0.29, 0.717) is 45.3 Å². The Bertz CT molecular complexity index is 2800. The first kappa shape index (κ1) is 37.9. The molecule has 0 aliphatic heterocycles. The monoisotopic (exact) mass is 820 g/mol. The van der Waals surface area contributed by atoms with Crippen LogP contribution < -0.4 is 0 Å². The van der Waals surface area contributed by atoms with E-state index in [0.717, 1.165) is 17.3 Å². The van der Waals surface area contributed by atoms with E-state index in [1.807, 2.05) is 30.3 Å². The first-order chi connectivity index (χ1) is 28.3. The lowest BCUT2D eigenvalue weighted by Crippen LogP contribution is -2.06. The summed E-state index contributed by atoms with van der Waals surface area (Å²) in [7, 11) is 0. The van der Waals surface area contributed by atoms with Crippen molar-refractivity contribution >= 4 is 23.4 Å². The van der Waals surface area contributed by atoms with Crippen molar-refractivity contribution in [3.8, 4) is 45.8 Å². The van der Waals surface area contributed by atoms with Gasteiger partial charge in [-0.15, -0.1) is 0 Å². The Labute approximate surface area is 335 Å². The maximum Gasteiger partial charge on any atom is 0.181 e. The highest BCUT2D eigenvalue weighted by Crippen LogP contribution is 2.31. The quantitative estimate of drug-likeness (QED) is 0.0963. The molecule has 0 N–H and O–H groups in total. The maximum atomic E-state index is 14.4. The van der Waals surface area contributed by atoms with Crippen LogP contribution in [0.5, 0.6) is 0 Å². The first-order valence-electron chi connectivity index (χ1n) is 17.2. The Hall–Kier alpha value is -6.98. The Morgan fingerprint density at radius 1 is 0.552 bits per heavy atom. The summed E-state index contributed by atoms with van der Waals surface area (Å²) >= 11 is 6.92. The number of hydrogen-bond acceptors (Lipinski definition) is 11. The Morgan fingerprint density at radius 3 is 1.55 bits per heavy atom. The van der Waals surface area contributed by atoms with Gasteiger partial charge in [0.2, 0.25) is 0 Å². The number of benzene rings is 3. The van der Waals surface area contributed by atoms with Crippen molar-refractivity contribution in [3.05, 3.63) is 168 Å². The fourth-order valence-electron chi connectivity index (χ4n) is 5.59. The molecule has 0 aliphatic rings. The molecule has 3 aromatic carbocycles. The summed E-state index contributed by atoms with van der Waals surface area (Å²) in [5, 5.41) is 16.7. The van der Waals surface area contributed by atoms with Gasteiger partial charge in [-0.2, -0.15) is 10.2 Å². The molecule has 9 rings (SSSR count). The largest absolute Gasteiger partial charge is 0.364 e. The van der Waals surface area contributed by atoms with Crippen molar-refractivity contribution in [2.24, 2.45) is 0 Å². The van der Waals surface area contributed by atoms with Crippen molar-refractivity contribution in [3.63, 3.8) is 0 Å². The van der Waals surface area contributed by atoms with Crippen LogP contribution in [0.3, 0.4) is 0 Å². The van der Waals surface area contributed by atoms with Gasteiger partial charge in [0.05, 0.1) is 36.9 Å². The summed E-state index contributed by atoms with van der Waals surface area (Å²) < 4.78 is 68.9.